The number of rotatable bonds is 37. The van der Waals surface area contributed by atoms with Gasteiger partial charge < -0.3 is 33.8 Å². The lowest BCUT2D eigenvalue weighted by atomic mass is 10.1. The first-order chi connectivity index (χ1) is 26.2. The fraction of sp³-hybridized carbons (Fsp3) is 0.889. The van der Waals surface area contributed by atoms with Gasteiger partial charge in [-0.3, -0.25) is 37.3 Å². The van der Waals surface area contributed by atoms with E-state index >= 15 is 0 Å². The lowest BCUT2D eigenvalue weighted by Gasteiger charge is -2.21. The fourth-order valence-corrected chi connectivity index (χ4v) is 6.34. The minimum absolute atomic E-state index is 0.0477. The van der Waals surface area contributed by atoms with E-state index in [-0.39, 0.29) is 25.7 Å². The van der Waals surface area contributed by atoms with E-state index in [0.29, 0.717) is 19.3 Å². The van der Waals surface area contributed by atoms with E-state index in [1.54, 1.807) is 13.8 Å². The summed E-state index contributed by atoms with van der Waals surface area (Å²) in [5.41, 5.74) is 0. The van der Waals surface area contributed by atoms with Gasteiger partial charge in [-0.2, -0.15) is 0 Å². The maximum Gasteiger partial charge on any atom is 0.472 e. The standard InChI is InChI=1S/C36H68O17P2/c1-5-9-11-13-15-16-18-20-23-36(41)53-32(27-47-34(39)22-19-17-14-12-10-6-2)29-51-55(44,45)49-25-30(37)24-48-54(42,43)50-28-31(26-46-33(38)8-4)52-35(40)21-7-3/h30-32,37H,5-29H2,1-4H3,(H,42,43)(H,44,45)/t30-,31+,32+/m0/s1. The van der Waals surface area contributed by atoms with Crippen LogP contribution < -0.4 is 0 Å². The van der Waals surface area contributed by atoms with E-state index in [2.05, 4.69) is 13.8 Å². The molecular formula is C36H68O17P2. The average Bonchev–Trinajstić information content (AvgIpc) is 3.14. The van der Waals surface area contributed by atoms with Gasteiger partial charge in [0, 0.05) is 25.7 Å². The second kappa shape index (κ2) is 33.1. The molecule has 0 spiro atoms. The molecule has 55 heavy (non-hydrogen) atoms. The number of aliphatic hydroxyl groups excluding tert-OH is 1. The zero-order valence-electron chi connectivity index (χ0n) is 33.4. The van der Waals surface area contributed by atoms with Crippen molar-refractivity contribution in [3.8, 4) is 0 Å². The van der Waals surface area contributed by atoms with Gasteiger partial charge in [0.25, 0.3) is 0 Å². The molecule has 0 radical (unpaired) electrons. The van der Waals surface area contributed by atoms with Crippen molar-refractivity contribution in [2.75, 3.05) is 39.6 Å². The van der Waals surface area contributed by atoms with Crippen LogP contribution in [0.5, 0.6) is 0 Å². The molecule has 0 aromatic heterocycles. The Morgan fingerprint density at radius 1 is 0.455 bits per heavy atom. The Labute approximate surface area is 327 Å². The van der Waals surface area contributed by atoms with Crippen LogP contribution in [0, 0.1) is 0 Å². The maximum absolute atomic E-state index is 12.6. The Morgan fingerprint density at radius 3 is 1.24 bits per heavy atom. The molecule has 0 saturated heterocycles. The minimum atomic E-state index is -4.89. The largest absolute Gasteiger partial charge is 0.472 e. The van der Waals surface area contributed by atoms with Crippen LogP contribution in [-0.2, 0) is 65.4 Å². The molecule has 17 nitrogen and oxygen atoms in total. The fourth-order valence-electron chi connectivity index (χ4n) is 4.76. The van der Waals surface area contributed by atoms with Gasteiger partial charge in [0.1, 0.15) is 19.3 Å². The number of carbonyl (C=O) groups excluding carboxylic acids is 4. The van der Waals surface area contributed by atoms with Crippen LogP contribution in [0.15, 0.2) is 0 Å². The highest BCUT2D eigenvalue weighted by atomic mass is 31.2. The van der Waals surface area contributed by atoms with Crippen LogP contribution in [0.25, 0.3) is 0 Å². The first kappa shape index (κ1) is 53.1. The molecule has 0 aromatic rings. The smallest absolute Gasteiger partial charge is 0.462 e. The van der Waals surface area contributed by atoms with Gasteiger partial charge in [0.2, 0.25) is 0 Å². The van der Waals surface area contributed by atoms with Crippen LogP contribution in [0.2, 0.25) is 0 Å². The number of carbonyl (C=O) groups is 4. The molecule has 0 rings (SSSR count). The van der Waals surface area contributed by atoms with Crippen LogP contribution in [0.1, 0.15) is 150 Å². The molecule has 0 heterocycles. The van der Waals surface area contributed by atoms with Crippen molar-refractivity contribution in [3.63, 3.8) is 0 Å². The van der Waals surface area contributed by atoms with Crippen LogP contribution in [0.3, 0.4) is 0 Å². The molecule has 2 unspecified atom stereocenters. The predicted octanol–water partition coefficient (Wildman–Crippen LogP) is 7.02. The van der Waals surface area contributed by atoms with Crippen molar-refractivity contribution < 1.29 is 80.2 Å². The van der Waals surface area contributed by atoms with E-state index in [1.807, 2.05) is 0 Å². The summed E-state index contributed by atoms with van der Waals surface area (Å²) in [7, 11) is -9.76. The molecule has 0 aliphatic carbocycles. The summed E-state index contributed by atoms with van der Waals surface area (Å²) in [4.78, 5) is 68.5. The number of phosphoric ester groups is 2. The molecule has 0 bridgehead atoms. The Kier molecular flexibility index (Phi) is 31.9. The molecule has 3 N–H and O–H groups in total. The van der Waals surface area contributed by atoms with Gasteiger partial charge in [-0.25, -0.2) is 9.13 Å². The number of aliphatic hydroxyl groups is 1. The molecule has 0 aliphatic rings. The molecule has 19 heteroatoms. The minimum Gasteiger partial charge on any atom is -0.462 e. The number of hydrogen-bond acceptors (Lipinski definition) is 15. The monoisotopic (exact) mass is 834 g/mol. The molecule has 0 aliphatic heterocycles. The third-order valence-electron chi connectivity index (χ3n) is 7.88. The highest BCUT2D eigenvalue weighted by Crippen LogP contribution is 2.45. The Bertz CT molecular complexity index is 1140. The van der Waals surface area contributed by atoms with E-state index in [1.165, 1.54) is 12.8 Å². The summed E-state index contributed by atoms with van der Waals surface area (Å²) in [6, 6.07) is 0. The van der Waals surface area contributed by atoms with E-state index in [4.69, 9.17) is 37.0 Å². The lowest BCUT2D eigenvalue weighted by molar-refractivity contribution is -0.161. The van der Waals surface area contributed by atoms with Crippen LogP contribution in [0.4, 0.5) is 0 Å². The Hall–Kier alpha value is -1.94. The third kappa shape index (κ3) is 32.8. The van der Waals surface area contributed by atoms with Gasteiger partial charge >= 0.3 is 39.5 Å². The van der Waals surface area contributed by atoms with Gasteiger partial charge in [0.15, 0.2) is 12.2 Å². The summed E-state index contributed by atoms with van der Waals surface area (Å²) in [5.74, 6) is -2.34. The van der Waals surface area contributed by atoms with Crippen molar-refractivity contribution in [2.24, 2.45) is 0 Å². The number of unbranched alkanes of at least 4 members (excludes halogenated alkanes) is 12. The predicted molar refractivity (Wildman–Crippen MR) is 202 cm³/mol. The molecule has 324 valence electrons. The Morgan fingerprint density at radius 2 is 0.818 bits per heavy atom. The molecule has 0 aromatic carbocycles. The van der Waals surface area contributed by atoms with Crippen molar-refractivity contribution in [1.29, 1.82) is 0 Å². The quantitative estimate of drug-likeness (QED) is 0.0247. The zero-order valence-corrected chi connectivity index (χ0v) is 35.2. The van der Waals surface area contributed by atoms with E-state index < -0.39 is 97.5 Å². The molecule has 5 atom stereocenters. The summed E-state index contributed by atoms with van der Waals surface area (Å²) in [5, 5.41) is 10.2. The van der Waals surface area contributed by atoms with Crippen LogP contribution in [-0.4, -0.2) is 96.7 Å². The van der Waals surface area contributed by atoms with E-state index in [0.717, 1.165) is 64.2 Å². The van der Waals surface area contributed by atoms with Crippen molar-refractivity contribution >= 4 is 39.5 Å². The molecule has 0 amide bonds. The molecule has 0 saturated carbocycles. The van der Waals surface area contributed by atoms with Gasteiger partial charge in [-0.1, -0.05) is 105 Å². The molecular weight excluding hydrogens is 766 g/mol. The second-order valence-corrected chi connectivity index (χ2v) is 16.1. The van der Waals surface area contributed by atoms with Crippen LogP contribution >= 0.6 is 15.6 Å². The number of phosphoric acid groups is 2. The van der Waals surface area contributed by atoms with E-state index in [9.17, 15) is 43.2 Å². The maximum atomic E-state index is 12.6. The van der Waals surface area contributed by atoms with Gasteiger partial charge in [0.05, 0.1) is 26.4 Å². The van der Waals surface area contributed by atoms with Crippen molar-refractivity contribution in [1.82, 2.24) is 0 Å². The zero-order chi connectivity index (χ0) is 41.4. The second-order valence-electron chi connectivity index (χ2n) is 13.2. The summed E-state index contributed by atoms with van der Waals surface area (Å²) >= 11 is 0. The topological polar surface area (TPSA) is 237 Å². The Balaban J connectivity index is 4.99. The first-order valence-corrected chi connectivity index (χ1v) is 22.8. The third-order valence-corrected chi connectivity index (χ3v) is 9.78. The van der Waals surface area contributed by atoms with Gasteiger partial charge in [-0.05, 0) is 19.3 Å². The van der Waals surface area contributed by atoms with Crippen molar-refractivity contribution in [3.05, 3.63) is 0 Å². The summed E-state index contributed by atoms with van der Waals surface area (Å²) < 4.78 is 65.0. The average molecular weight is 835 g/mol. The van der Waals surface area contributed by atoms with Crippen molar-refractivity contribution in [2.45, 2.75) is 168 Å². The number of ether oxygens (including phenoxy) is 4. The molecule has 0 fully saturated rings. The summed E-state index contributed by atoms with van der Waals surface area (Å²) in [6.45, 7) is 3.54. The normalized spacial score (nSPS) is 15.3. The number of hydrogen-bond donors (Lipinski definition) is 3. The highest BCUT2D eigenvalue weighted by Gasteiger charge is 2.30. The number of esters is 4. The lowest BCUT2D eigenvalue weighted by Crippen LogP contribution is -2.30. The first-order valence-electron chi connectivity index (χ1n) is 19.8. The van der Waals surface area contributed by atoms with Gasteiger partial charge in [-0.15, -0.1) is 0 Å². The highest BCUT2D eigenvalue weighted by molar-refractivity contribution is 7.47. The summed E-state index contributed by atoms with van der Waals surface area (Å²) in [6.07, 6.45) is 10.7. The SMILES string of the molecule is CCCCCCCCCCC(=O)O[C@H](COC(=O)CCCCCCCC)COP(=O)(O)OC[C@@H](O)COP(=O)(O)OC[C@@H](COC(=O)CC)OC(=O)CCC.